The number of aromatic nitrogens is 1. The lowest BCUT2D eigenvalue weighted by molar-refractivity contribution is -0.145. The molecule has 1 aromatic rings. The van der Waals surface area contributed by atoms with E-state index in [-0.39, 0.29) is 5.97 Å². The maximum atomic E-state index is 11.7. The molecule has 0 aromatic carbocycles. The fraction of sp³-hybridized carbons (Fsp3) is 0.692. The summed E-state index contributed by atoms with van der Waals surface area (Å²) < 4.78 is 5.27. The number of rotatable bonds is 19. The molecular formula is C26H43NO2. The Kier molecular flexibility index (Phi) is 17.2. The first-order valence-electron chi connectivity index (χ1n) is 12.0. The summed E-state index contributed by atoms with van der Waals surface area (Å²) in [6.45, 7) is 2.60. The van der Waals surface area contributed by atoms with Crippen LogP contribution in [-0.2, 0) is 16.1 Å². The van der Waals surface area contributed by atoms with Gasteiger partial charge in [-0.15, -0.1) is 0 Å². The van der Waals surface area contributed by atoms with E-state index in [2.05, 4.69) is 24.1 Å². The van der Waals surface area contributed by atoms with Crippen LogP contribution >= 0.6 is 0 Å². The average Bonchev–Trinajstić information content (AvgIpc) is 2.75. The fourth-order valence-electron chi connectivity index (χ4n) is 3.41. The molecule has 0 aliphatic carbocycles. The molecule has 1 rings (SSSR count). The van der Waals surface area contributed by atoms with Crippen molar-refractivity contribution in [3.63, 3.8) is 0 Å². The van der Waals surface area contributed by atoms with Crippen molar-refractivity contribution < 1.29 is 9.53 Å². The third kappa shape index (κ3) is 17.0. The number of pyridine rings is 1. The van der Waals surface area contributed by atoms with Gasteiger partial charge in [-0.3, -0.25) is 9.78 Å². The Labute approximate surface area is 179 Å². The van der Waals surface area contributed by atoms with Gasteiger partial charge in [0.15, 0.2) is 0 Å². The standard InChI is InChI=1S/C26H43NO2/c1-2-3-4-5-6-7-8-9-10-11-12-13-14-15-16-17-18-21-26(28)29-24-25-20-19-22-27-23-25/h8-9,19-20,22-23H,2-7,10-18,21,24H2,1H3/b9-8+. The van der Waals surface area contributed by atoms with Gasteiger partial charge in [-0.1, -0.05) is 89.4 Å². The van der Waals surface area contributed by atoms with Crippen molar-refractivity contribution in [3.05, 3.63) is 42.2 Å². The van der Waals surface area contributed by atoms with Crippen molar-refractivity contribution in [1.82, 2.24) is 4.98 Å². The van der Waals surface area contributed by atoms with Gasteiger partial charge in [0, 0.05) is 24.4 Å². The highest BCUT2D eigenvalue weighted by atomic mass is 16.5. The number of hydrogen-bond donors (Lipinski definition) is 0. The largest absolute Gasteiger partial charge is 0.461 e. The Morgan fingerprint density at radius 3 is 2.03 bits per heavy atom. The van der Waals surface area contributed by atoms with Gasteiger partial charge in [0.2, 0.25) is 0 Å². The van der Waals surface area contributed by atoms with Crippen LogP contribution in [0, 0.1) is 0 Å². The topological polar surface area (TPSA) is 39.2 Å². The van der Waals surface area contributed by atoms with E-state index < -0.39 is 0 Å². The lowest BCUT2D eigenvalue weighted by atomic mass is 10.1. The minimum absolute atomic E-state index is 0.0946. The minimum Gasteiger partial charge on any atom is -0.461 e. The molecule has 0 fully saturated rings. The smallest absolute Gasteiger partial charge is 0.306 e. The fourth-order valence-corrected chi connectivity index (χ4v) is 3.41. The molecule has 0 radical (unpaired) electrons. The van der Waals surface area contributed by atoms with Crippen LogP contribution in [-0.4, -0.2) is 11.0 Å². The molecule has 1 heterocycles. The Hall–Kier alpha value is -1.64. The summed E-state index contributed by atoms with van der Waals surface area (Å²) in [4.78, 5) is 15.7. The van der Waals surface area contributed by atoms with Crippen LogP contribution in [0.3, 0.4) is 0 Å². The molecule has 0 unspecified atom stereocenters. The molecule has 0 bridgehead atoms. The number of allylic oxidation sites excluding steroid dienone is 2. The second kappa shape index (κ2) is 19.7. The normalized spacial score (nSPS) is 11.2. The average molecular weight is 402 g/mol. The van der Waals surface area contributed by atoms with E-state index in [0.717, 1.165) is 18.4 Å². The number of carbonyl (C=O) groups is 1. The van der Waals surface area contributed by atoms with E-state index in [0.29, 0.717) is 13.0 Å². The van der Waals surface area contributed by atoms with E-state index in [4.69, 9.17) is 4.74 Å². The van der Waals surface area contributed by atoms with Crippen LogP contribution in [0.5, 0.6) is 0 Å². The zero-order chi connectivity index (χ0) is 20.8. The lowest BCUT2D eigenvalue weighted by Crippen LogP contribution is -2.04. The second-order valence-corrected chi connectivity index (χ2v) is 8.06. The Balaban J connectivity index is 1.78. The monoisotopic (exact) mass is 401 g/mol. The molecule has 0 N–H and O–H groups in total. The molecule has 1 aromatic heterocycles. The van der Waals surface area contributed by atoms with Crippen molar-refractivity contribution in [3.8, 4) is 0 Å². The number of unbranched alkanes of at least 4 members (excludes halogenated alkanes) is 13. The first-order valence-corrected chi connectivity index (χ1v) is 12.0. The van der Waals surface area contributed by atoms with Crippen molar-refractivity contribution in [2.45, 2.75) is 116 Å². The summed E-state index contributed by atoms with van der Waals surface area (Å²) in [5, 5.41) is 0. The predicted octanol–water partition coefficient (Wildman–Crippen LogP) is 7.94. The number of carbonyl (C=O) groups excluding carboxylic acids is 1. The maximum Gasteiger partial charge on any atom is 0.306 e. The summed E-state index contributed by atoms with van der Waals surface area (Å²) in [5.74, 6) is -0.0946. The second-order valence-electron chi connectivity index (χ2n) is 8.06. The third-order valence-corrected chi connectivity index (χ3v) is 5.27. The Bertz CT molecular complexity index is 513. The number of hydrogen-bond acceptors (Lipinski definition) is 3. The highest BCUT2D eigenvalue weighted by Gasteiger charge is 2.03. The van der Waals surface area contributed by atoms with Crippen LogP contribution in [0.2, 0.25) is 0 Å². The molecular weight excluding hydrogens is 358 g/mol. The molecule has 0 aliphatic rings. The quantitative estimate of drug-likeness (QED) is 0.134. The highest BCUT2D eigenvalue weighted by molar-refractivity contribution is 5.69. The molecule has 0 amide bonds. The van der Waals surface area contributed by atoms with E-state index in [1.807, 2.05) is 12.1 Å². The van der Waals surface area contributed by atoms with E-state index in [1.165, 1.54) is 83.5 Å². The molecule has 0 saturated carbocycles. The lowest BCUT2D eigenvalue weighted by Gasteiger charge is -2.05. The summed E-state index contributed by atoms with van der Waals surface area (Å²) in [6.07, 6.45) is 28.1. The first-order chi connectivity index (χ1) is 14.3. The molecule has 0 aliphatic heterocycles. The molecule has 3 nitrogen and oxygen atoms in total. The van der Waals surface area contributed by atoms with Crippen LogP contribution < -0.4 is 0 Å². The highest BCUT2D eigenvalue weighted by Crippen LogP contribution is 2.12. The van der Waals surface area contributed by atoms with E-state index in [9.17, 15) is 4.79 Å². The molecule has 164 valence electrons. The Morgan fingerprint density at radius 2 is 1.45 bits per heavy atom. The molecule has 0 atom stereocenters. The summed E-state index contributed by atoms with van der Waals surface area (Å²) in [5.41, 5.74) is 0.943. The van der Waals surface area contributed by atoms with Crippen LogP contribution in [0.25, 0.3) is 0 Å². The Morgan fingerprint density at radius 1 is 0.862 bits per heavy atom. The molecule has 0 spiro atoms. The van der Waals surface area contributed by atoms with E-state index >= 15 is 0 Å². The molecule has 3 heteroatoms. The van der Waals surface area contributed by atoms with Crippen LogP contribution in [0.15, 0.2) is 36.7 Å². The van der Waals surface area contributed by atoms with E-state index in [1.54, 1.807) is 12.4 Å². The van der Waals surface area contributed by atoms with Gasteiger partial charge in [0.1, 0.15) is 6.61 Å². The van der Waals surface area contributed by atoms with Crippen LogP contribution in [0.4, 0.5) is 0 Å². The van der Waals surface area contributed by atoms with Gasteiger partial charge in [-0.25, -0.2) is 0 Å². The van der Waals surface area contributed by atoms with Gasteiger partial charge in [-0.05, 0) is 38.2 Å². The number of esters is 1. The van der Waals surface area contributed by atoms with Crippen molar-refractivity contribution >= 4 is 5.97 Å². The number of nitrogens with zero attached hydrogens (tertiary/aromatic N) is 1. The van der Waals surface area contributed by atoms with Gasteiger partial charge in [0.05, 0.1) is 0 Å². The van der Waals surface area contributed by atoms with Crippen molar-refractivity contribution in [2.75, 3.05) is 0 Å². The summed E-state index contributed by atoms with van der Waals surface area (Å²) in [7, 11) is 0. The van der Waals surface area contributed by atoms with Gasteiger partial charge >= 0.3 is 5.97 Å². The SMILES string of the molecule is CCCCCCC/C=C/CCCCCCCCCCC(=O)OCc1cccnc1. The van der Waals surface area contributed by atoms with Gasteiger partial charge in [0.25, 0.3) is 0 Å². The zero-order valence-electron chi connectivity index (χ0n) is 18.7. The summed E-state index contributed by atoms with van der Waals surface area (Å²) in [6, 6.07) is 3.78. The van der Waals surface area contributed by atoms with Gasteiger partial charge in [-0.2, -0.15) is 0 Å². The number of ether oxygens (including phenoxy) is 1. The van der Waals surface area contributed by atoms with Crippen molar-refractivity contribution in [1.29, 1.82) is 0 Å². The van der Waals surface area contributed by atoms with Crippen LogP contribution in [0.1, 0.15) is 115 Å². The van der Waals surface area contributed by atoms with Crippen molar-refractivity contribution in [2.24, 2.45) is 0 Å². The minimum atomic E-state index is -0.0946. The zero-order valence-corrected chi connectivity index (χ0v) is 18.7. The maximum absolute atomic E-state index is 11.7. The summed E-state index contributed by atoms with van der Waals surface area (Å²) >= 11 is 0. The molecule has 0 saturated heterocycles. The predicted molar refractivity (Wildman–Crippen MR) is 123 cm³/mol. The van der Waals surface area contributed by atoms with Gasteiger partial charge < -0.3 is 4.74 Å². The third-order valence-electron chi connectivity index (χ3n) is 5.27. The first kappa shape index (κ1) is 25.4. The molecule has 29 heavy (non-hydrogen) atoms.